The van der Waals surface area contributed by atoms with Crippen LogP contribution in [0.1, 0.15) is 12.5 Å². The van der Waals surface area contributed by atoms with Crippen molar-refractivity contribution in [3.63, 3.8) is 0 Å². The molecule has 2 N–H and O–H groups in total. The molecule has 5 amide bonds. The first-order valence-corrected chi connectivity index (χ1v) is 8.23. The fourth-order valence-corrected chi connectivity index (χ4v) is 2.78. The molecule has 1 aromatic rings. The lowest BCUT2D eigenvalue weighted by Gasteiger charge is -2.22. The Morgan fingerprint density at radius 2 is 1.96 bits per heavy atom. The van der Waals surface area contributed by atoms with E-state index in [-0.39, 0.29) is 19.2 Å². The van der Waals surface area contributed by atoms with E-state index in [2.05, 4.69) is 10.6 Å². The summed E-state index contributed by atoms with van der Waals surface area (Å²) in [5, 5.41) is 5.00. The molecule has 2 heterocycles. The molecule has 10 heteroatoms. The number of nitrogens with zero attached hydrogens (tertiary/aromatic N) is 2. The normalized spacial score (nSPS) is 20.5. The highest BCUT2D eigenvalue weighted by atomic mass is 16.7. The van der Waals surface area contributed by atoms with Crippen molar-refractivity contribution in [3.05, 3.63) is 23.8 Å². The van der Waals surface area contributed by atoms with Crippen LogP contribution in [-0.2, 0) is 19.9 Å². The van der Waals surface area contributed by atoms with Gasteiger partial charge in [0, 0.05) is 14.1 Å². The van der Waals surface area contributed by atoms with Gasteiger partial charge in [0.25, 0.3) is 5.91 Å². The predicted octanol–water partition coefficient (Wildman–Crippen LogP) is -0.613. The summed E-state index contributed by atoms with van der Waals surface area (Å²) in [6.07, 6.45) is 0. The number of likely N-dealkylation sites (N-methyl/N-ethyl adjacent to an activating group) is 1. The van der Waals surface area contributed by atoms with Crippen LogP contribution in [0.2, 0.25) is 0 Å². The van der Waals surface area contributed by atoms with Crippen molar-refractivity contribution in [3.8, 4) is 11.5 Å². The second kappa shape index (κ2) is 6.78. The van der Waals surface area contributed by atoms with Gasteiger partial charge in [-0.25, -0.2) is 4.79 Å². The van der Waals surface area contributed by atoms with Crippen molar-refractivity contribution in [1.29, 1.82) is 0 Å². The van der Waals surface area contributed by atoms with Gasteiger partial charge in [0.05, 0.1) is 6.54 Å². The van der Waals surface area contributed by atoms with Crippen LogP contribution in [0.5, 0.6) is 11.5 Å². The van der Waals surface area contributed by atoms with Gasteiger partial charge in [-0.05, 0) is 24.6 Å². The van der Waals surface area contributed by atoms with E-state index in [9.17, 15) is 19.2 Å². The number of carbonyl (C=O) groups excluding carboxylic acids is 4. The first-order valence-electron chi connectivity index (χ1n) is 8.23. The SMILES string of the molecule is CN(C)C(=O)CNC(=O)CN1C(=O)N[C@](C)(c2ccc3c(c2)OCO3)C1=O. The van der Waals surface area contributed by atoms with Gasteiger partial charge < -0.3 is 25.0 Å². The summed E-state index contributed by atoms with van der Waals surface area (Å²) >= 11 is 0. The molecule has 0 aliphatic carbocycles. The monoisotopic (exact) mass is 376 g/mol. The Morgan fingerprint density at radius 1 is 1.26 bits per heavy atom. The maximum atomic E-state index is 12.8. The van der Waals surface area contributed by atoms with E-state index >= 15 is 0 Å². The maximum absolute atomic E-state index is 12.8. The highest BCUT2D eigenvalue weighted by Gasteiger charge is 2.49. The standard InChI is InChI=1S/C17H20N4O6/c1-17(10-4-5-11-12(6-10)27-9-26-11)15(24)21(16(25)19-17)8-13(22)18-7-14(23)20(2)3/h4-6H,7-9H2,1-3H3,(H,18,22)(H,19,25)/t17-/m1/s1. The molecule has 27 heavy (non-hydrogen) atoms. The summed E-state index contributed by atoms with van der Waals surface area (Å²) in [5.41, 5.74) is -0.826. The van der Waals surface area contributed by atoms with E-state index in [1.54, 1.807) is 39.2 Å². The molecule has 3 rings (SSSR count). The average Bonchev–Trinajstić information content (AvgIpc) is 3.18. The third-order valence-electron chi connectivity index (χ3n) is 4.46. The molecule has 10 nitrogen and oxygen atoms in total. The smallest absolute Gasteiger partial charge is 0.325 e. The molecule has 0 radical (unpaired) electrons. The second-order valence-corrected chi connectivity index (χ2v) is 6.58. The third kappa shape index (κ3) is 3.37. The van der Waals surface area contributed by atoms with Crippen LogP contribution >= 0.6 is 0 Å². The fraction of sp³-hybridized carbons (Fsp3) is 0.412. The molecule has 0 bridgehead atoms. The number of nitrogens with one attached hydrogen (secondary N) is 2. The van der Waals surface area contributed by atoms with Crippen molar-refractivity contribution >= 4 is 23.8 Å². The van der Waals surface area contributed by atoms with Crippen molar-refractivity contribution in [1.82, 2.24) is 20.4 Å². The zero-order valence-corrected chi connectivity index (χ0v) is 15.2. The summed E-state index contributed by atoms with van der Waals surface area (Å²) in [6.45, 7) is 0.951. The summed E-state index contributed by atoms with van der Waals surface area (Å²) in [5.74, 6) is -0.440. The van der Waals surface area contributed by atoms with Gasteiger partial charge in [-0.15, -0.1) is 0 Å². The number of benzene rings is 1. The Morgan fingerprint density at radius 3 is 2.67 bits per heavy atom. The third-order valence-corrected chi connectivity index (χ3v) is 4.46. The van der Waals surface area contributed by atoms with Gasteiger partial charge in [-0.1, -0.05) is 6.07 Å². The number of ether oxygens (including phenoxy) is 2. The van der Waals surface area contributed by atoms with Gasteiger partial charge in [-0.3, -0.25) is 19.3 Å². The van der Waals surface area contributed by atoms with E-state index in [1.807, 2.05) is 0 Å². The Kier molecular flexibility index (Phi) is 4.64. The number of hydrogen-bond donors (Lipinski definition) is 2. The number of urea groups is 1. The highest BCUT2D eigenvalue weighted by molar-refractivity contribution is 6.09. The Bertz CT molecular complexity index is 824. The van der Waals surface area contributed by atoms with Crippen molar-refractivity contribution in [2.45, 2.75) is 12.5 Å². The van der Waals surface area contributed by atoms with Gasteiger partial charge in [-0.2, -0.15) is 0 Å². The topological polar surface area (TPSA) is 117 Å². The van der Waals surface area contributed by atoms with E-state index < -0.39 is 29.9 Å². The van der Waals surface area contributed by atoms with Crippen molar-refractivity contribution in [2.24, 2.45) is 0 Å². The minimum Gasteiger partial charge on any atom is -0.454 e. The summed E-state index contributed by atoms with van der Waals surface area (Å²) in [7, 11) is 3.12. The van der Waals surface area contributed by atoms with Gasteiger partial charge in [0.2, 0.25) is 18.6 Å². The minimum atomic E-state index is -1.34. The molecular weight excluding hydrogens is 356 g/mol. The molecule has 1 aromatic carbocycles. The Hall–Kier alpha value is -3.30. The summed E-state index contributed by atoms with van der Waals surface area (Å²) in [6, 6.07) is 4.25. The van der Waals surface area contributed by atoms with E-state index in [1.165, 1.54) is 4.90 Å². The fourth-order valence-electron chi connectivity index (χ4n) is 2.78. The first-order chi connectivity index (χ1) is 12.7. The Balaban J connectivity index is 1.71. The van der Waals surface area contributed by atoms with Crippen LogP contribution in [0, 0.1) is 0 Å². The zero-order chi connectivity index (χ0) is 19.8. The van der Waals surface area contributed by atoms with Crippen molar-refractivity contribution < 1.29 is 28.7 Å². The number of fused-ring (bicyclic) bond motifs is 1. The van der Waals surface area contributed by atoms with E-state index in [4.69, 9.17) is 9.47 Å². The molecule has 0 aromatic heterocycles. The van der Waals surface area contributed by atoms with Gasteiger partial charge in [0.1, 0.15) is 12.1 Å². The van der Waals surface area contributed by atoms with Crippen LogP contribution in [0.3, 0.4) is 0 Å². The van der Waals surface area contributed by atoms with Crippen LogP contribution in [0.15, 0.2) is 18.2 Å². The van der Waals surface area contributed by atoms with Crippen LogP contribution in [-0.4, -0.2) is 67.5 Å². The molecule has 0 unspecified atom stereocenters. The Labute approximate surface area is 155 Å². The number of rotatable bonds is 5. The largest absolute Gasteiger partial charge is 0.454 e. The average molecular weight is 376 g/mol. The number of amides is 5. The quantitative estimate of drug-likeness (QED) is 0.662. The molecule has 2 aliphatic rings. The molecular formula is C17H20N4O6. The molecule has 1 atom stereocenters. The molecule has 1 fully saturated rings. The van der Waals surface area contributed by atoms with Crippen LogP contribution in [0.4, 0.5) is 4.79 Å². The molecule has 0 saturated carbocycles. The molecule has 2 aliphatic heterocycles. The van der Waals surface area contributed by atoms with Crippen LogP contribution < -0.4 is 20.1 Å². The first kappa shape index (κ1) is 18.5. The maximum Gasteiger partial charge on any atom is 0.325 e. The molecule has 1 saturated heterocycles. The minimum absolute atomic E-state index is 0.0910. The van der Waals surface area contributed by atoms with E-state index in [0.717, 1.165) is 4.90 Å². The van der Waals surface area contributed by atoms with Gasteiger partial charge in [0.15, 0.2) is 11.5 Å². The highest BCUT2D eigenvalue weighted by Crippen LogP contribution is 2.37. The van der Waals surface area contributed by atoms with Crippen molar-refractivity contribution in [2.75, 3.05) is 34.0 Å². The molecule has 144 valence electrons. The number of carbonyl (C=O) groups is 4. The number of imide groups is 1. The predicted molar refractivity (Wildman–Crippen MR) is 91.9 cm³/mol. The lowest BCUT2D eigenvalue weighted by atomic mass is 9.91. The van der Waals surface area contributed by atoms with E-state index in [0.29, 0.717) is 17.1 Å². The summed E-state index contributed by atoms with van der Waals surface area (Å²) in [4.78, 5) is 50.8. The number of hydrogen-bond acceptors (Lipinski definition) is 6. The lowest BCUT2D eigenvalue weighted by molar-refractivity contribution is -0.135. The molecule has 0 spiro atoms. The van der Waals surface area contributed by atoms with Gasteiger partial charge >= 0.3 is 6.03 Å². The van der Waals surface area contributed by atoms with Crippen LogP contribution in [0.25, 0.3) is 0 Å². The second-order valence-electron chi connectivity index (χ2n) is 6.58. The summed E-state index contributed by atoms with van der Waals surface area (Å²) < 4.78 is 10.6. The zero-order valence-electron chi connectivity index (χ0n) is 15.2. The lowest BCUT2D eigenvalue weighted by Crippen LogP contribution is -2.45.